The number of carbonyl (C=O) groups is 1. The molecule has 0 radical (unpaired) electrons. The van der Waals surface area contributed by atoms with E-state index >= 15 is 0 Å². The summed E-state index contributed by atoms with van der Waals surface area (Å²) in [7, 11) is 0. The fraction of sp³-hybridized carbons (Fsp3) is 0.750. The van der Waals surface area contributed by atoms with Gasteiger partial charge in [-0.15, -0.1) is 0 Å². The van der Waals surface area contributed by atoms with Gasteiger partial charge >= 0.3 is 0 Å². The average molecular weight is 208 g/mol. The van der Waals surface area contributed by atoms with E-state index in [1.807, 2.05) is 12.2 Å². The van der Waals surface area contributed by atoms with E-state index in [0.29, 0.717) is 5.92 Å². The van der Waals surface area contributed by atoms with Crippen LogP contribution in [0.1, 0.15) is 33.1 Å². The smallest absolute Gasteiger partial charge is 0.227 e. The highest BCUT2D eigenvalue weighted by Gasteiger charge is 2.39. The van der Waals surface area contributed by atoms with E-state index in [-0.39, 0.29) is 23.4 Å². The predicted molar refractivity (Wildman–Crippen MR) is 60.2 cm³/mol. The van der Waals surface area contributed by atoms with Crippen molar-refractivity contribution < 1.29 is 4.79 Å². The quantitative estimate of drug-likeness (QED) is 0.685. The molecule has 1 fully saturated rings. The van der Waals surface area contributed by atoms with Crippen molar-refractivity contribution in [2.75, 3.05) is 0 Å². The molecule has 0 aromatic carbocycles. The van der Waals surface area contributed by atoms with Crippen LogP contribution in [-0.4, -0.2) is 17.5 Å². The van der Waals surface area contributed by atoms with Crippen molar-refractivity contribution in [3.05, 3.63) is 12.2 Å². The van der Waals surface area contributed by atoms with Crippen LogP contribution in [0.15, 0.2) is 12.2 Å². The van der Waals surface area contributed by atoms with Crippen molar-refractivity contribution >= 4 is 5.91 Å². The Labute approximate surface area is 91.1 Å². The van der Waals surface area contributed by atoms with Gasteiger partial charge in [0.05, 0.1) is 5.92 Å². The van der Waals surface area contributed by atoms with Gasteiger partial charge in [-0.2, -0.15) is 0 Å². The van der Waals surface area contributed by atoms with Crippen LogP contribution in [0, 0.1) is 11.8 Å². The van der Waals surface area contributed by atoms with Crippen LogP contribution in [0.3, 0.4) is 0 Å². The highest BCUT2D eigenvalue weighted by atomic mass is 16.2. The summed E-state index contributed by atoms with van der Waals surface area (Å²) in [4.78, 5) is 11.9. The highest BCUT2D eigenvalue weighted by Crippen LogP contribution is 2.39. The lowest BCUT2D eigenvalue weighted by molar-refractivity contribution is -0.125. The maximum Gasteiger partial charge on any atom is 0.227 e. The standard InChI is InChI=1S/C12H20N2O/c1-12(2,9-4-5-9)14-11(15)8-3-6-10(13)7-8/h3,6,8-10H,4-5,7,13H2,1-2H3,(H,14,15). The molecular formula is C12H20N2O. The molecule has 0 bridgehead atoms. The zero-order valence-corrected chi connectivity index (χ0v) is 9.49. The van der Waals surface area contributed by atoms with Crippen LogP contribution in [0.2, 0.25) is 0 Å². The first-order valence-corrected chi connectivity index (χ1v) is 5.75. The largest absolute Gasteiger partial charge is 0.350 e. The maximum absolute atomic E-state index is 11.9. The van der Waals surface area contributed by atoms with E-state index in [9.17, 15) is 4.79 Å². The van der Waals surface area contributed by atoms with Gasteiger partial charge in [-0.3, -0.25) is 4.79 Å². The summed E-state index contributed by atoms with van der Waals surface area (Å²) in [6, 6.07) is 0.0600. The monoisotopic (exact) mass is 208 g/mol. The molecule has 1 amide bonds. The third-order valence-corrected chi connectivity index (χ3v) is 3.50. The molecule has 2 unspecified atom stereocenters. The van der Waals surface area contributed by atoms with E-state index in [2.05, 4.69) is 19.2 Å². The Balaban J connectivity index is 1.89. The van der Waals surface area contributed by atoms with Gasteiger partial charge in [0.15, 0.2) is 0 Å². The number of amides is 1. The molecule has 0 spiro atoms. The van der Waals surface area contributed by atoms with Gasteiger partial charge in [0.25, 0.3) is 0 Å². The normalized spacial score (nSPS) is 30.6. The lowest BCUT2D eigenvalue weighted by Crippen LogP contribution is -2.47. The third-order valence-electron chi connectivity index (χ3n) is 3.50. The molecule has 0 aliphatic heterocycles. The minimum absolute atomic E-state index is 0.0157. The van der Waals surface area contributed by atoms with Crippen molar-refractivity contribution in [1.82, 2.24) is 5.32 Å². The zero-order chi connectivity index (χ0) is 11.1. The predicted octanol–water partition coefficient (Wildman–Crippen LogP) is 1.19. The summed E-state index contributed by atoms with van der Waals surface area (Å²) in [5.41, 5.74) is 5.69. The zero-order valence-electron chi connectivity index (χ0n) is 9.49. The summed E-state index contributed by atoms with van der Waals surface area (Å²) < 4.78 is 0. The lowest BCUT2D eigenvalue weighted by atomic mass is 9.97. The molecule has 2 rings (SSSR count). The van der Waals surface area contributed by atoms with Crippen LogP contribution in [0.4, 0.5) is 0 Å². The third kappa shape index (κ3) is 2.40. The number of carbonyl (C=O) groups excluding carboxylic acids is 1. The molecule has 3 nitrogen and oxygen atoms in total. The molecule has 0 aromatic heterocycles. The first-order chi connectivity index (χ1) is 6.99. The number of nitrogens with two attached hydrogens (primary N) is 1. The molecular weight excluding hydrogens is 188 g/mol. The molecule has 1 saturated carbocycles. The Morgan fingerprint density at radius 3 is 2.53 bits per heavy atom. The molecule has 0 aromatic rings. The number of rotatable bonds is 3. The molecule has 2 aliphatic carbocycles. The van der Waals surface area contributed by atoms with Gasteiger partial charge in [0.2, 0.25) is 5.91 Å². The van der Waals surface area contributed by atoms with E-state index < -0.39 is 0 Å². The Morgan fingerprint density at radius 1 is 1.40 bits per heavy atom. The van der Waals surface area contributed by atoms with Crippen molar-refractivity contribution in [2.24, 2.45) is 17.6 Å². The van der Waals surface area contributed by atoms with Crippen LogP contribution < -0.4 is 11.1 Å². The van der Waals surface area contributed by atoms with E-state index in [0.717, 1.165) is 6.42 Å². The lowest BCUT2D eigenvalue weighted by Gasteiger charge is -2.27. The molecule has 2 atom stereocenters. The van der Waals surface area contributed by atoms with E-state index in [1.165, 1.54) is 12.8 Å². The van der Waals surface area contributed by atoms with E-state index in [1.54, 1.807) is 0 Å². The summed E-state index contributed by atoms with van der Waals surface area (Å²) in [6.07, 6.45) is 7.10. The molecule has 15 heavy (non-hydrogen) atoms. The maximum atomic E-state index is 11.9. The number of hydrogen-bond donors (Lipinski definition) is 2. The fourth-order valence-electron chi connectivity index (χ4n) is 2.24. The van der Waals surface area contributed by atoms with Crippen LogP contribution in [0.5, 0.6) is 0 Å². The Bertz CT molecular complexity index is 292. The summed E-state index contributed by atoms with van der Waals surface area (Å²) >= 11 is 0. The average Bonchev–Trinajstić information content (AvgIpc) is 2.89. The number of hydrogen-bond acceptors (Lipinski definition) is 2. The van der Waals surface area contributed by atoms with Crippen molar-refractivity contribution in [3.63, 3.8) is 0 Å². The van der Waals surface area contributed by atoms with Gasteiger partial charge in [-0.05, 0) is 39.0 Å². The fourth-order valence-corrected chi connectivity index (χ4v) is 2.24. The molecule has 3 heteroatoms. The minimum atomic E-state index is -0.0440. The SMILES string of the molecule is CC(C)(NC(=O)C1C=CC(N)C1)C1CC1. The molecule has 2 aliphatic rings. The van der Waals surface area contributed by atoms with Gasteiger partial charge in [0, 0.05) is 11.6 Å². The topological polar surface area (TPSA) is 55.1 Å². The summed E-state index contributed by atoms with van der Waals surface area (Å²) in [5.74, 6) is 0.787. The molecule has 0 heterocycles. The van der Waals surface area contributed by atoms with Crippen molar-refractivity contribution in [2.45, 2.75) is 44.7 Å². The van der Waals surface area contributed by atoms with Crippen molar-refractivity contribution in [1.29, 1.82) is 0 Å². The van der Waals surface area contributed by atoms with Gasteiger partial charge < -0.3 is 11.1 Å². The molecule has 0 saturated heterocycles. The van der Waals surface area contributed by atoms with Crippen LogP contribution in [0.25, 0.3) is 0 Å². The summed E-state index contributed by atoms with van der Waals surface area (Å²) in [6.45, 7) is 4.22. The second-order valence-corrected chi connectivity index (χ2v) is 5.38. The van der Waals surface area contributed by atoms with Gasteiger partial charge in [-0.25, -0.2) is 0 Å². The van der Waals surface area contributed by atoms with E-state index in [4.69, 9.17) is 5.73 Å². The first-order valence-electron chi connectivity index (χ1n) is 5.75. The van der Waals surface area contributed by atoms with Crippen molar-refractivity contribution in [3.8, 4) is 0 Å². The minimum Gasteiger partial charge on any atom is -0.350 e. The second-order valence-electron chi connectivity index (χ2n) is 5.38. The molecule has 3 N–H and O–H groups in total. The Kier molecular flexibility index (Phi) is 2.59. The Morgan fingerprint density at radius 2 is 2.07 bits per heavy atom. The Hall–Kier alpha value is -0.830. The van der Waals surface area contributed by atoms with Gasteiger partial charge in [-0.1, -0.05) is 12.2 Å². The second kappa shape index (κ2) is 3.63. The summed E-state index contributed by atoms with van der Waals surface area (Å²) in [5, 5.41) is 3.13. The number of nitrogens with one attached hydrogen (secondary N) is 1. The van der Waals surface area contributed by atoms with Gasteiger partial charge in [0.1, 0.15) is 0 Å². The van der Waals surface area contributed by atoms with Crippen LogP contribution in [-0.2, 0) is 4.79 Å². The molecule has 84 valence electrons. The first kappa shape index (κ1) is 10.7. The highest BCUT2D eigenvalue weighted by molar-refractivity contribution is 5.81. The van der Waals surface area contributed by atoms with Crippen LogP contribution >= 0.6 is 0 Å².